The summed E-state index contributed by atoms with van der Waals surface area (Å²) >= 11 is 0. The van der Waals surface area contributed by atoms with Gasteiger partial charge in [0.2, 0.25) is 0 Å². The van der Waals surface area contributed by atoms with Crippen molar-refractivity contribution in [3.63, 3.8) is 0 Å². The molecular formula is C7H11O-. The normalized spacial score (nSPS) is 29.6. The number of hydrogen-bond acceptors (Lipinski definition) is 1. The molecule has 0 aromatic heterocycles. The Balaban J connectivity index is 2.53. The predicted octanol–water partition coefficient (Wildman–Crippen LogP) is 1.05. The van der Waals surface area contributed by atoms with Gasteiger partial charge in [0.15, 0.2) is 0 Å². The quantitative estimate of drug-likeness (QED) is 0.458. The van der Waals surface area contributed by atoms with Crippen molar-refractivity contribution in [3.05, 3.63) is 11.8 Å². The first-order valence-corrected chi connectivity index (χ1v) is 3.18. The lowest BCUT2D eigenvalue weighted by Crippen LogP contribution is -2.15. The van der Waals surface area contributed by atoms with E-state index < -0.39 is 0 Å². The molecule has 0 aliphatic heterocycles. The Morgan fingerprint density at radius 2 is 2.50 bits per heavy atom. The van der Waals surface area contributed by atoms with Gasteiger partial charge in [-0.3, -0.25) is 0 Å². The summed E-state index contributed by atoms with van der Waals surface area (Å²) in [6, 6.07) is 0. The van der Waals surface area contributed by atoms with Gasteiger partial charge in [0.05, 0.1) is 0 Å². The average Bonchev–Trinajstić information content (AvgIpc) is 1.77. The van der Waals surface area contributed by atoms with E-state index in [2.05, 4.69) is 0 Å². The van der Waals surface area contributed by atoms with Crippen LogP contribution in [-0.4, -0.2) is 0 Å². The molecule has 1 aliphatic rings. The molecule has 1 heteroatoms. The molecule has 1 rings (SSSR count). The Bertz CT molecular complexity index is 105. The van der Waals surface area contributed by atoms with E-state index in [1.807, 2.05) is 13.0 Å². The Kier molecular flexibility index (Phi) is 1.56. The number of hydrogen-bond donors (Lipinski definition) is 0. The molecule has 0 saturated carbocycles. The van der Waals surface area contributed by atoms with Crippen molar-refractivity contribution < 1.29 is 5.11 Å². The van der Waals surface area contributed by atoms with Crippen molar-refractivity contribution in [1.29, 1.82) is 0 Å². The fraction of sp³-hybridized carbons (Fsp3) is 0.714. The van der Waals surface area contributed by atoms with Crippen LogP contribution >= 0.6 is 0 Å². The van der Waals surface area contributed by atoms with Gasteiger partial charge in [-0.1, -0.05) is 13.0 Å². The van der Waals surface area contributed by atoms with Crippen LogP contribution in [0.2, 0.25) is 0 Å². The second-order valence-corrected chi connectivity index (χ2v) is 2.44. The molecule has 0 radical (unpaired) electrons. The molecule has 0 spiro atoms. The van der Waals surface area contributed by atoms with Crippen molar-refractivity contribution in [2.24, 2.45) is 5.92 Å². The second kappa shape index (κ2) is 2.21. The van der Waals surface area contributed by atoms with E-state index in [1.54, 1.807) is 0 Å². The van der Waals surface area contributed by atoms with Crippen molar-refractivity contribution in [2.75, 3.05) is 0 Å². The van der Waals surface area contributed by atoms with Crippen LogP contribution in [0.25, 0.3) is 0 Å². The van der Waals surface area contributed by atoms with Gasteiger partial charge in [-0.2, -0.15) is 0 Å². The first-order chi connectivity index (χ1) is 3.80. The highest BCUT2D eigenvalue weighted by atomic mass is 16.3. The molecular weight excluding hydrogens is 100 g/mol. The van der Waals surface area contributed by atoms with Crippen molar-refractivity contribution in [3.8, 4) is 0 Å². The lowest BCUT2D eigenvalue weighted by Gasteiger charge is -2.24. The SMILES string of the molecule is CC1CCCC=C1[O-]. The minimum atomic E-state index is 0.309. The van der Waals surface area contributed by atoms with Crippen molar-refractivity contribution >= 4 is 0 Å². The zero-order chi connectivity index (χ0) is 5.98. The first kappa shape index (κ1) is 5.67. The maximum atomic E-state index is 10.7. The predicted molar refractivity (Wildman–Crippen MR) is 31.1 cm³/mol. The molecule has 1 unspecified atom stereocenters. The summed E-state index contributed by atoms with van der Waals surface area (Å²) in [5.41, 5.74) is 0. The molecule has 1 atom stereocenters. The fourth-order valence-corrected chi connectivity index (χ4v) is 1.01. The zero-order valence-electron chi connectivity index (χ0n) is 5.18. The van der Waals surface area contributed by atoms with Crippen LogP contribution in [0.3, 0.4) is 0 Å². The Morgan fingerprint density at radius 3 is 2.88 bits per heavy atom. The lowest BCUT2D eigenvalue weighted by molar-refractivity contribution is -0.316. The summed E-state index contributed by atoms with van der Waals surface area (Å²) in [5.74, 6) is 0.653. The van der Waals surface area contributed by atoms with Crippen LogP contribution in [0.5, 0.6) is 0 Å². The van der Waals surface area contributed by atoms with Crippen molar-refractivity contribution in [1.82, 2.24) is 0 Å². The highest BCUT2D eigenvalue weighted by Crippen LogP contribution is 2.19. The topological polar surface area (TPSA) is 23.1 Å². The van der Waals surface area contributed by atoms with Gasteiger partial charge in [0.1, 0.15) is 0 Å². The van der Waals surface area contributed by atoms with E-state index in [-0.39, 0.29) is 0 Å². The van der Waals surface area contributed by atoms with E-state index in [4.69, 9.17) is 0 Å². The molecule has 0 N–H and O–H groups in total. The Labute approximate surface area is 50.0 Å². The van der Waals surface area contributed by atoms with Gasteiger partial charge in [-0.05, 0) is 25.2 Å². The van der Waals surface area contributed by atoms with Gasteiger partial charge in [0, 0.05) is 0 Å². The van der Waals surface area contributed by atoms with Crippen LogP contribution in [0.4, 0.5) is 0 Å². The van der Waals surface area contributed by atoms with E-state index in [9.17, 15) is 5.11 Å². The van der Waals surface area contributed by atoms with Gasteiger partial charge < -0.3 is 5.11 Å². The highest BCUT2D eigenvalue weighted by Gasteiger charge is 2.02. The smallest absolute Gasteiger partial charge is 0.0337 e. The van der Waals surface area contributed by atoms with Crippen LogP contribution in [0.1, 0.15) is 26.2 Å². The minimum absolute atomic E-state index is 0.309. The molecule has 0 aromatic carbocycles. The fourth-order valence-electron chi connectivity index (χ4n) is 1.01. The number of allylic oxidation sites excluding steroid dienone is 2. The molecule has 8 heavy (non-hydrogen) atoms. The Morgan fingerprint density at radius 1 is 1.75 bits per heavy atom. The molecule has 0 bridgehead atoms. The molecule has 0 fully saturated rings. The van der Waals surface area contributed by atoms with Gasteiger partial charge in [-0.15, -0.1) is 5.76 Å². The molecule has 0 amide bonds. The third-order valence-corrected chi connectivity index (χ3v) is 1.67. The Hall–Kier alpha value is -0.460. The van der Waals surface area contributed by atoms with Gasteiger partial charge >= 0.3 is 0 Å². The first-order valence-electron chi connectivity index (χ1n) is 3.18. The third-order valence-electron chi connectivity index (χ3n) is 1.67. The highest BCUT2D eigenvalue weighted by molar-refractivity contribution is 4.97. The van der Waals surface area contributed by atoms with E-state index in [1.165, 1.54) is 6.42 Å². The van der Waals surface area contributed by atoms with Crippen molar-refractivity contribution in [2.45, 2.75) is 26.2 Å². The zero-order valence-corrected chi connectivity index (χ0v) is 5.18. The molecule has 0 saturated heterocycles. The lowest BCUT2D eigenvalue weighted by atomic mass is 9.96. The summed E-state index contributed by atoms with van der Waals surface area (Å²) in [4.78, 5) is 0. The van der Waals surface area contributed by atoms with E-state index in [0.717, 1.165) is 12.8 Å². The van der Waals surface area contributed by atoms with Gasteiger partial charge in [-0.25, -0.2) is 0 Å². The molecule has 1 nitrogen and oxygen atoms in total. The van der Waals surface area contributed by atoms with E-state index in [0.29, 0.717) is 11.7 Å². The summed E-state index contributed by atoms with van der Waals surface area (Å²) in [6.07, 6.45) is 5.11. The largest absolute Gasteiger partial charge is 0.875 e. The van der Waals surface area contributed by atoms with Crippen LogP contribution in [0, 0.1) is 5.92 Å². The molecule has 0 heterocycles. The maximum absolute atomic E-state index is 10.7. The molecule has 46 valence electrons. The maximum Gasteiger partial charge on any atom is -0.0337 e. The standard InChI is InChI=1S/C7H12O/c1-6-4-2-3-5-7(6)8/h5-6,8H,2-4H2,1H3/p-1. The summed E-state index contributed by atoms with van der Waals surface area (Å²) in [5, 5.41) is 10.7. The third kappa shape index (κ3) is 1.03. The number of rotatable bonds is 0. The minimum Gasteiger partial charge on any atom is -0.875 e. The molecule has 0 aromatic rings. The van der Waals surface area contributed by atoms with E-state index >= 15 is 0 Å². The average molecular weight is 111 g/mol. The molecule has 1 aliphatic carbocycles. The monoisotopic (exact) mass is 111 g/mol. The summed E-state index contributed by atoms with van der Waals surface area (Å²) < 4.78 is 0. The summed E-state index contributed by atoms with van der Waals surface area (Å²) in [7, 11) is 0. The second-order valence-electron chi connectivity index (χ2n) is 2.44. The van der Waals surface area contributed by atoms with Gasteiger partial charge in [0.25, 0.3) is 0 Å². The van der Waals surface area contributed by atoms with Crippen LogP contribution < -0.4 is 5.11 Å². The van der Waals surface area contributed by atoms with Crippen LogP contribution in [0.15, 0.2) is 11.8 Å². The summed E-state index contributed by atoms with van der Waals surface area (Å²) in [6.45, 7) is 2.00. The van der Waals surface area contributed by atoms with Crippen LogP contribution in [-0.2, 0) is 0 Å².